The Morgan fingerprint density at radius 2 is 2.04 bits per heavy atom. The number of Topliss-reactive ketones (excluding diaryl/α,β-unsaturated/α-hetero) is 1. The number of carbonyl (C=O) groups is 1. The van der Waals surface area contributed by atoms with Crippen LogP contribution in [0.15, 0.2) is 28.7 Å². The third-order valence-electron chi connectivity index (χ3n) is 4.58. The Morgan fingerprint density at radius 1 is 1.30 bits per heavy atom. The van der Waals surface area contributed by atoms with Gasteiger partial charge in [0.15, 0.2) is 11.5 Å². The molecule has 2 atom stereocenters. The molecule has 4 rings (SSSR count). The average molecular weight is 314 g/mol. The maximum Gasteiger partial charge on any atom is 0.218 e. The van der Waals surface area contributed by atoms with E-state index in [0.717, 1.165) is 18.7 Å². The number of morpholine rings is 1. The van der Waals surface area contributed by atoms with E-state index < -0.39 is 11.9 Å². The number of aliphatic hydroxyl groups is 1. The quantitative estimate of drug-likeness (QED) is 0.913. The molecule has 120 valence electrons. The van der Waals surface area contributed by atoms with Gasteiger partial charge in [0, 0.05) is 18.7 Å². The van der Waals surface area contributed by atoms with E-state index in [1.165, 1.54) is 0 Å². The third-order valence-corrected chi connectivity index (χ3v) is 4.58. The molecule has 0 bridgehead atoms. The Labute approximate surface area is 133 Å². The summed E-state index contributed by atoms with van der Waals surface area (Å²) in [6.07, 6.45) is -1.17. The van der Waals surface area contributed by atoms with Crippen molar-refractivity contribution in [3.63, 3.8) is 0 Å². The first-order chi connectivity index (χ1) is 11.2. The molecule has 1 saturated heterocycles. The van der Waals surface area contributed by atoms with Gasteiger partial charge in [-0.15, -0.1) is 0 Å². The van der Waals surface area contributed by atoms with Gasteiger partial charge in [0.05, 0.1) is 19.3 Å². The number of carbonyl (C=O) groups excluding carboxylic acids is 1. The summed E-state index contributed by atoms with van der Waals surface area (Å²) in [5, 5.41) is 10.2. The predicted octanol–water partition coefficient (Wildman–Crippen LogP) is 1.96. The minimum absolute atomic E-state index is 0.0402. The largest absolute Gasteiger partial charge is 0.438 e. The second kappa shape index (κ2) is 5.56. The Morgan fingerprint density at radius 3 is 2.83 bits per heavy atom. The number of ether oxygens (including phenoxy) is 1. The Kier molecular flexibility index (Phi) is 3.52. The van der Waals surface area contributed by atoms with Crippen LogP contribution in [-0.4, -0.2) is 47.1 Å². The van der Waals surface area contributed by atoms with Gasteiger partial charge in [-0.25, -0.2) is 4.98 Å². The van der Waals surface area contributed by atoms with E-state index >= 15 is 0 Å². The summed E-state index contributed by atoms with van der Waals surface area (Å²) in [5.41, 5.74) is 1.54. The van der Waals surface area contributed by atoms with Crippen molar-refractivity contribution >= 4 is 5.78 Å². The van der Waals surface area contributed by atoms with Gasteiger partial charge in [0.2, 0.25) is 11.7 Å². The number of rotatable bonds is 2. The highest BCUT2D eigenvalue weighted by molar-refractivity contribution is 6.06. The van der Waals surface area contributed by atoms with Crippen LogP contribution in [0.2, 0.25) is 0 Å². The summed E-state index contributed by atoms with van der Waals surface area (Å²) in [6, 6.07) is 7.21. The second-order valence-corrected chi connectivity index (χ2v) is 5.91. The van der Waals surface area contributed by atoms with Crippen molar-refractivity contribution in [2.45, 2.75) is 19.1 Å². The number of benzene rings is 1. The zero-order valence-electron chi connectivity index (χ0n) is 12.9. The monoisotopic (exact) mass is 314 g/mol. The first-order valence-electron chi connectivity index (χ1n) is 7.81. The number of hydrogen-bond acceptors (Lipinski definition) is 6. The number of nitrogens with zero attached hydrogens (tertiary/aromatic N) is 2. The minimum atomic E-state index is -1.17. The molecule has 1 aromatic heterocycles. The topological polar surface area (TPSA) is 75.8 Å². The molecule has 2 heterocycles. The molecule has 1 aliphatic carbocycles. The molecular formula is C17H18N2O4. The van der Waals surface area contributed by atoms with Crippen molar-refractivity contribution in [2.75, 3.05) is 26.3 Å². The lowest BCUT2D eigenvalue weighted by Crippen LogP contribution is -2.38. The second-order valence-electron chi connectivity index (χ2n) is 5.91. The summed E-state index contributed by atoms with van der Waals surface area (Å²) in [7, 11) is 0. The molecule has 0 radical (unpaired) electrons. The normalized spacial score (nSPS) is 22.5. The van der Waals surface area contributed by atoms with E-state index in [-0.39, 0.29) is 11.7 Å². The van der Waals surface area contributed by atoms with Crippen LogP contribution in [0.25, 0.3) is 11.3 Å². The van der Waals surface area contributed by atoms with Crippen molar-refractivity contribution in [1.82, 2.24) is 9.88 Å². The molecule has 6 nitrogen and oxygen atoms in total. The van der Waals surface area contributed by atoms with Crippen molar-refractivity contribution in [2.24, 2.45) is 0 Å². The lowest BCUT2D eigenvalue weighted by Gasteiger charge is -2.30. The lowest BCUT2D eigenvalue weighted by molar-refractivity contribution is 0.0147. The van der Waals surface area contributed by atoms with Crippen molar-refractivity contribution in [1.29, 1.82) is 0 Å². The number of ketones is 1. The smallest absolute Gasteiger partial charge is 0.218 e. The minimum Gasteiger partial charge on any atom is -0.438 e. The van der Waals surface area contributed by atoms with E-state index in [2.05, 4.69) is 9.88 Å². The van der Waals surface area contributed by atoms with Crippen LogP contribution in [0.5, 0.6) is 0 Å². The van der Waals surface area contributed by atoms with E-state index in [4.69, 9.17) is 9.15 Å². The standard InChI is InChI=1S/C17H18N2O4/c1-10(19-6-8-22-9-7-19)17-18-13-15(21)14(20)11-4-2-3-5-12(11)16(13)23-17/h2-5,10,14,20H,6-9H2,1H3. The van der Waals surface area contributed by atoms with Crippen LogP contribution >= 0.6 is 0 Å². The molecular weight excluding hydrogens is 296 g/mol. The summed E-state index contributed by atoms with van der Waals surface area (Å²) in [6.45, 7) is 4.99. The SMILES string of the molecule is CC(c1nc2c(o1)-c1ccccc1C(O)C2=O)N1CCOCC1. The molecule has 0 amide bonds. The summed E-state index contributed by atoms with van der Waals surface area (Å²) < 4.78 is 11.3. The van der Waals surface area contributed by atoms with E-state index in [1.54, 1.807) is 12.1 Å². The van der Waals surface area contributed by atoms with E-state index in [9.17, 15) is 9.90 Å². The van der Waals surface area contributed by atoms with Crippen molar-refractivity contribution in [3.8, 4) is 11.3 Å². The molecule has 2 unspecified atom stereocenters. The highest BCUT2D eigenvalue weighted by atomic mass is 16.5. The number of oxazole rings is 1. The fraction of sp³-hybridized carbons (Fsp3) is 0.412. The Balaban J connectivity index is 1.75. The number of hydrogen-bond donors (Lipinski definition) is 1. The van der Waals surface area contributed by atoms with Crippen LogP contribution in [-0.2, 0) is 4.74 Å². The fourth-order valence-electron chi connectivity index (χ4n) is 3.20. The molecule has 23 heavy (non-hydrogen) atoms. The maximum atomic E-state index is 12.4. The average Bonchev–Trinajstić information content (AvgIpc) is 3.05. The molecule has 2 aromatic rings. The number of fused-ring (bicyclic) bond motifs is 3. The molecule has 1 N–H and O–H groups in total. The van der Waals surface area contributed by atoms with Gasteiger partial charge in [-0.05, 0) is 12.5 Å². The molecule has 1 aromatic carbocycles. The summed E-state index contributed by atoms with van der Waals surface area (Å²) in [5.74, 6) is 0.572. The highest BCUT2D eigenvalue weighted by Gasteiger charge is 2.36. The van der Waals surface area contributed by atoms with Gasteiger partial charge in [-0.2, -0.15) is 0 Å². The zero-order valence-corrected chi connectivity index (χ0v) is 12.9. The van der Waals surface area contributed by atoms with Crippen LogP contribution in [0.3, 0.4) is 0 Å². The van der Waals surface area contributed by atoms with E-state index in [1.807, 2.05) is 19.1 Å². The molecule has 0 saturated carbocycles. The van der Waals surface area contributed by atoms with Gasteiger partial charge in [0.1, 0.15) is 6.10 Å². The lowest BCUT2D eigenvalue weighted by atomic mass is 9.90. The molecule has 2 aliphatic rings. The van der Waals surface area contributed by atoms with Gasteiger partial charge in [-0.1, -0.05) is 24.3 Å². The Hall–Kier alpha value is -2.02. The summed E-state index contributed by atoms with van der Waals surface area (Å²) >= 11 is 0. The summed E-state index contributed by atoms with van der Waals surface area (Å²) in [4.78, 5) is 19.0. The third kappa shape index (κ3) is 2.30. The number of aromatic nitrogens is 1. The molecule has 6 heteroatoms. The molecule has 1 aliphatic heterocycles. The fourth-order valence-corrected chi connectivity index (χ4v) is 3.20. The van der Waals surface area contributed by atoms with E-state index in [0.29, 0.717) is 30.4 Å². The molecule has 0 spiro atoms. The Bertz CT molecular complexity index is 749. The zero-order chi connectivity index (χ0) is 16.0. The van der Waals surface area contributed by atoms with Crippen LogP contribution in [0, 0.1) is 0 Å². The van der Waals surface area contributed by atoms with Crippen molar-refractivity contribution < 1.29 is 19.1 Å². The maximum absolute atomic E-state index is 12.4. The predicted molar refractivity (Wildman–Crippen MR) is 82.0 cm³/mol. The van der Waals surface area contributed by atoms with Crippen molar-refractivity contribution in [3.05, 3.63) is 41.4 Å². The van der Waals surface area contributed by atoms with Crippen LogP contribution in [0.1, 0.15) is 41.0 Å². The molecule has 1 fully saturated rings. The van der Waals surface area contributed by atoms with Crippen LogP contribution in [0.4, 0.5) is 0 Å². The first-order valence-corrected chi connectivity index (χ1v) is 7.81. The van der Waals surface area contributed by atoms with Crippen LogP contribution < -0.4 is 0 Å². The van der Waals surface area contributed by atoms with Gasteiger partial charge >= 0.3 is 0 Å². The van der Waals surface area contributed by atoms with Gasteiger partial charge in [0.25, 0.3) is 0 Å². The highest BCUT2D eigenvalue weighted by Crippen LogP contribution is 2.40. The van der Waals surface area contributed by atoms with Gasteiger partial charge < -0.3 is 14.3 Å². The van der Waals surface area contributed by atoms with Gasteiger partial charge in [-0.3, -0.25) is 9.69 Å². The first kappa shape index (κ1) is 14.6. The number of aliphatic hydroxyl groups excluding tert-OH is 1.